The van der Waals surface area contributed by atoms with E-state index in [0.717, 1.165) is 146 Å². The molecule has 14 aromatic rings. The Morgan fingerprint density at radius 2 is 0.775 bits per heavy atom. The van der Waals surface area contributed by atoms with Gasteiger partial charge in [-0.1, -0.05) is 140 Å². The average Bonchev–Trinajstić information content (AvgIpc) is 1.16. The Morgan fingerprint density at radius 3 is 1.35 bits per heavy atom. The molecule has 0 saturated heterocycles. The predicted octanol–water partition coefficient (Wildman–Crippen LogP) is 16.6. The van der Waals surface area contributed by atoms with Crippen LogP contribution in [0.1, 0.15) is 33.4 Å². The molecule has 0 fully saturated rings. The molecule has 6 nitrogen and oxygen atoms in total. The fourth-order valence-electron chi connectivity index (χ4n) is 16.0. The first kappa shape index (κ1) is 51.6. The van der Waals surface area contributed by atoms with E-state index in [0.29, 0.717) is 11.4 Å². The molecule has 0 bridgehead atoms. The van der Waals surface area contributed by atoms with Gasteiger partial charge in [0.05, 0.1) is 33.4 Å². The Hall–Kier alpha value is -10.6. The van der Waals surface area contributed by atoms with Crippen LogP contribution in [0.3, 0.4) is 0 Å². The second-order valence-corrected chi connectivity index (χ2v) is 24.7. The lowest BCUT2D eigenvalue weighted by atomic mass is 9.30. The van der Waals surface area contributed by atoms with Gasteiger partial charge in [0.15, 0.2) is 11.6 Å². The Balaban J connectivity index is 0.981. The largest absolute Gasteiger partial charge is 0.458 e. The van der Waals surface area contributed by atoms with Crippen molar-refractivity contribution in [2.75, 3.05) is 14.7 Å². The third-order valence-electron chi connectivity index (χ3n) is 19.6. The van der Waals surface area contributed by atoms with Crippen LogP contribution < -0.4 is 52.2 Å². The molecule has 4 aliphatic rings. The van der Waals surface area contributed by atoms with Gasteiger partial charge in [0.25, 0.3) is 13.4 Å². The number of benzene rings is 12. The monoisotopic (exact) mass is 1160 g/mol. The molecule has 0 spiro atoms. The number of aromatic nitrogens is 2. The summed E-state index contributed by atoms with van der Waals surface area (Å²) in [4.78, 5) is 6.51. The number of fused-ring (bicyclic) bond motifs is 14. The molecular formula is C78H54B2F3N5O. The molecule has 2 aromatic heterocycles. The zero-order chi connectivity index (χ0) is 60.0. The highest BCUT2D eigenvalue weighted by atomic mass is 19.1. The van der Waals surface area contributed by atoms with Crippen LogP contribution in [-0.2, 0) is 0 Å². The van der Waals surface area contributed by atoms with Gasteiger partial charge in [-0.3, -0.25) is 0 Å². The molecule has 89 heavy (non-hydrogen) atoms. The van der Waals surface area contributed by atoms with Crippen molar-refractivity contribution < 1.29 is 17.9 Å². The van der Waals surface area contributed by atoms with Crippen LogP contribution in [0.5, 0.6) is 11.5 Å². The molecule has 12 aromatic carbocycles. The van der Waals surface area contributed by atoms with E-state index in [-0.39, 0.29) is 12.4 Å². The zero-order valence-corrected chi connectivity index (χ0v) is 49.7. The van der Waals surface area contributed by atoms with Crippen molar-refractivity contribution in [3.8, 4) is 22.9 Å². The number of halogens is 3. The molecule has 18 rings (SSSR count). The maximum atomic E-state index is 17.2. The highest BCUT2D eigenvalue weighted by Crippen LogP contribution is 2.51. The van der Waals surface area contributed by atoms with Crippen molar-refractivity contribution in [3.63, 3.8) is 0 Å². The predicted molar refractivity (Wildman–Crippen MR) is 363 cm³/mol. The highest BCUT2D eigenvalue weighted by molar-refractivity contribution is 7.02. The third-order valence-corrected chi connectivity index (χ3v) is 19.6. The fraction of sp³-hybridized carbons (Fsp3) is 0.0769. The number of anilines is 9. The molecule has 11 heteroatoms. The highest BCUT2D eigenvalue weighted by Gasteiger charge is 2.49. The van der Waals surface area contributed by atoms with Crippen molar-refractivity contribution >= 4 is 141 Å². The standard InChI is InChI=1S/C78H54B2F3N5O/c1-43-31-33-47(5)76-70(43)54-25-17-19-45(3)74(54)86(76)52-37-65-72-66(38-52)88(78-60(82)35-49(81)36-61(78)83)62-29-15-13-27-56(62)79(72)58-41-59-64(42-63(58)84(65)50-21-9-7-10-22-50)85(51-23-11-8-12-24-51)67-39-53(40-69-73(67)80(59)57-28-14-16-30-68(57)89-69)87-75-46(4)20-18-26-55(75)71-44(2)32-34-48(6)77(71)87/h7-42H,1-6H3. The normalized spacial score (nSPS) is 13.4. The second-order valence-electron chi connectivity index (χ2n) is 24.7. The minimum Gasteiger partial charge on any atom is -0.458 e. The molecule has 0 saturated carbocycles. The van der Waals surface area contributed by atoms with Gasteiger partial charge in [-0.25, -0.2) is 13.2 Å². The summed E-state index contributed by atoms with van der Waals surface area (Å²) < 4.78 is 61.7. The van der Waals surface area contributed by atoms with Gasteiger partial charge in [-0.05, 0) is 168 Å². The Labute approximate surface area is 513 Å². The van der Waals surface area contributed by atoms with Gasteiger partial charge >= 0.3 is 0 Å². The van der Waals surface area contributed by atoms with Crippen LogP contribution in [0.4, 0.5) is 64.4 Å². The maximum absolute atomic E-state index is 17.2. The van der Waals surface area contributed by atoms with Gasteiger partial charge in [-0.2, -0.15) is 0 Å². The summed E-state index contributed by atoms with van der Waals surface area (Å²) in [5, 5.41) is 4.70. The minimum atomic E-state index is -1.00. The number of ether oxygens (including phenoxy) is 1. The molecule has 0 aliphatic carbocycles. The van der Waals surface area contributed by atoms with Crippen molar-refractivity contribution in [2.24, 2.45) is 0 Å². The molecule has 0 unspecified atom stereocenters. The van der Waals surface area contributed by atoms with Gasteiger partial charge in [0.2, 0.25) is 0 Å². The molecule has 424 valence electrons. The number of rotatable bonds is 5. The van der Waals surface area contributed by atoms with Crippen molar-refractivity contribution in [3.05, 3.63) is 269 Å². The van der Waals surface area contributed by atoms with E-state index in [1.54, 1.807) is 4.90 Å². The maximum Gasteiger partial charge on any atom is 0.256 e. The molecule has 0 N–H and O–H groups in total. The number of nitrogens with zero attached hydrogens (tertiary/aromatic N) is 5. The zero-order valence-electron chi connectivity index (χ0n) is 49.7. The molecule has 0 amide bonds. The molecule has 0 atom stereocenters. The SMILES string of the molecule is Cc1ccc(C)c2c1c1cccc(C)c1n2-c1cc2c3c(c1)N(c1ccccc1)c1cc4c(cc1B3c1ccccc1O2)B1c2ccccc2N(c2c(F)cc(F)cc2F)c2cc(-n3c5c(C)cccc5c5c(C)ccc(C)c53)cc(c21)N4c1ccccc1. The molecular weight excluding hydrogens is 1100 g/mol. The van der Waals surface area contributed by atoms with Crippen LogP contribution in [0.15, 0.2) is 218 Å². The van der Waals surface area contributed by atoms with Gasteiger partial charge < -0.3 is 28.6 Å². The Morgan fingerprint density at radius 1 is 0.315 bits per heavy atom. The number of hydrogen-bond acceptors (Lipinski definition) is 4. The van der Waals surface area contributed by atoms with Crippen LogP contribution in [0.2, 0.25) is 0 Å². The first-order valence-electron chi connectivity index (χ1n) is 30.5. The van der Waals surface area contributed by atoms with E-state index >= 15 is 13.2 Å². The lowest BCUT2D eigenvalue weighted by Crippen LogP contribution is -2.64. The summed E-state index contributed by atoms with van der Waals surface area (Å²) in [7, 11) is 0. The van der Waals surface area contributed by atoms with E-state index in [2.05, 4.69) is 242 Å². The summed E-state index contributed by atoms with van der Waals surface area (Å²) >= 11 is 0. The quantitative estimate of drug-likeness (QED) is 0.161. The summed E-state index contributed by atoms with van der Waals surface area (Å²) in [6.07, 6.45) is 0. The van der Waals surface area contributed by atoms with Gasteiger partial charge in [-0.15, -0.1) is 0 Å². The van der Waals surface area contributed by atoms with E-state index < -0.39 is 24.2 Å². The number of aryl methyl sites for hydroxylation is 6. The lowest BCUT2D eigenvalue weighted by molar-refractivity contribution is 0.487. The Kier molecular flexibility index (Phi) is 10.8. The van der Waals surface area contributed by atoms with Gasteiger partial charge in [0.1, 0.15) is 23.0 Å². The van der Waals surface area contributed by atoms with Crippen molar-refractivity contribution in [1.29, 1.82) is 0 Å². The third kappa shape index (κ3) is 7.07. The number of hydrogen-bond donors (Lipinski definition) is 0. The average molecular weight is 1160 g/mol. The summed E-state index contributed by atoms with van der Waals surface area (Å²) in [6.45, 7) is 12.3. The molecule has 6 heterocycles. The first-order chi connectivity index (χ1) is 43.4. The van der Waals surface area contributed by atoms with Crippen LogP contribution in [-0.4, -0.2) is 22.6 Å². The summed E-state index contributed by atoms with van der Waals surface area (Å²) in [5.41, 5.74) is 25.5. The summed E-state index contributed by atoms with van der Waals surface area (Å²) in [5.74, 6) is -1.44. The number of para-hydroxylation sites is 6. The van der Waals surface area contributed by atoms with E-state index in [1.807, 2.05) is 24.3 Å². The van der Waals surface area contributed by atoms with Crippen molar-refractivity contribution in [2.45, 2.75) is 41.5 Å². The second kappa shape index (κ2) is 18.7. The Bertz CT molecular complexity index is 5440. The molecule has 4 aliphatic heterocycles. The topological polar surface area (TPSA) is 28.8 Å². The first-order valence-corrected chi connectivity index (χ1v) is 30.5. The smallest absolute Gasteiger partial charge is 0.256 e. The van der Waals surface area contributed by atoms with Crippen LogP contribution in [0.25, 0.3) is 55.0 Å². The van der Waals surface area contributed by atoms with E-state index in [4.69, 9.17) is 4.74 Å². The minimum absolute atomic E-state index is 0.292. The van der Waals surface area contributed by atoms with Crippen LogP contribution >= 0.6 is 0 Å². The lowest BCUT2D eigenvalue weighted by Gasteiger charge is -2.46. The van der Waals surface area contributed by atoms with E-state index in [9.17, 15) is 0 Å². The van der Waals surface area contributed by atoms with E-state index in [1.165, 1.54) is 33.0 Å². The summed E-state index contributed by atoms with van der Waals surface area (Å²) in [6, 6.07) is 74.9. The fourth-order valence-corrected chi connectivity index (χ4v) is 16.0. The van der Waals surface area contributed by atoms with Crippen LogP contribution in [0, 0.1) is 59.0 Å². The molecule has 0 radical (unpaired) electrons. The van der Waals surface area contributed by atoms with Gasteiger partial charge in [0, 0.05) is 85.2 Å². The van der Waals surface area contributed by atoms with Crippen molar-refractivity contribution in [1.82, 2.24) is 9.13 Å².